The van der Waals surface area contributed by atoms with Crippen molar-refractivity contribution in [2.24, 2.45) is 0 Å². The van der Waals surface area contributed by atoms with Gasteiger partial charge in [-0.3, -0.25) is 4.90 Å². The van der Waals surface area contributed by atoms with Crippen molar-refractivity contribution >= 4 is 0 Å². The Labute approximate surface area is 80.4 Å². The van der Waals surface area contributed by atoms with E-state index in [0.29, 0.717) is 0 Å². The van der Waals surface area contributed by atoms with Gasteiger partial charge < -0.3 is 10.2 Å². The summed E-state index contributed by atoms with van der Waals surface area (Å²) in [6.45, 7) is 4.13. The molecule has 0 spiro atoms. The summed E-state index contributed by atoms with van der Waals surface area (Å²) >= 11 is 0. The second-order valence-corrected chi connectivity index (χ2v) is 4.65. The maximum Gasteiger partial charge on any atom is 0.0695 e. The van der Waals surface area contributed by atoms with E-state index in [1.807, 2.05) is 20.9 Å². The predicted molar refractivity (Wildman–Crippen MR) is 52.6 cm³/mol. The Balaban J connectivity index is 2.60. The van der Waals surface area contributed by atoms with Crippen molar-refractivity contribution < 1.29 is 10.2 Å². The van der Waals surface area contributed by atoms with Crippen molar-refractivity contribution in [1.29, 1.82) is 0 Å². The molecule has 0 aromatic heterocycles. The summed E-state index contributed by atoms with van der Waals surface area (Å²) in [7, 11) is 1.98. The van der Waals surface area contributed by atoms with Gasteiger partial charge in [-0.05, 0) is 40.2 Å². The highest BCUT2D eigenvalue weighted by atomic mass is 16.3. The van der Waals surface area contributed by atoms with Gasteiger partial charge in [0.05, 0.1) is 12.7 Å². The summed E-state index contributed by atoms with van der Waals surface area (Å²) in [4.78, 5) is 2.10. The van der Waals surface area contributed by atoms with Gasteiger partial charge in [0.2, 0.25) is 0 Å². The minimum atomic E-state index is -0.226. The van der Waals surface area contributed by atoms with Crippen LogP contribution in [0.25, 0.3) is 0 Å². The lowest BCUT2D eigenvalue weighted by Gasteiger charge is -2.39. The Bertz CT molecular complexity index is 170. The Morgan fingerprint density at radius 3 is 2.38 bits per heavy atom. The lowest BCUT2D eigenvalue weighted by molar-refractivity contribution is 0.000937. The van der Waals surface area contributed by atoms with Crippen LogP contribution < -0.4 is 0 Å². The second-order valence-electron chi connectivity index (χ2n) is 4.65. The summed E-state index contributed by atoms with van der Waals surface area (Å²) in [6, 6.07) is 0.224. The smallest absolute Gasteiger partial charge is 0.0695 e. The Kier molecular flexibility index (Phi) is 3.33. The van der Waals surface area contributed by atoms with Crippen molar-refractivity contribution in [3.05, 3.63) is 0 Å². The molecule has 1 rings (SSSR count). The van der Waals surface area contributed by atoms with Crippen molar-refractivity contribution in [1.82, 2.24) is 4.90 Å². The lowest BCUT2D eigenvalue weighted by atomic mass is 10.0. The van der Waals surface area contributed by atoms with E-state index in [4.69, 9.17) is 0 Å². The third-order valence-corrected chi connectivity index (χ3v) is 3.28. The normalized spacial score (nSPS) is 30.0. The molecular formula is C10H21NO2. The summed E-state index contributed by atoms with van der Waals surface area (Å²) in [5.41, 5.74) is -0.226. The van der Waals surface area contributed by atoms with Crippen LogP contribution >= 0.6 is 0 Å². The van der Waals surface area contributed by atoms with Crippen LogP contribution in [0.5, 0.6) is 0 Å². The van der Waals surface area contributed by atoms with Gasteiger partial charge in [0.25, 0.3) is 0 Å². The molecular weight excluding hydrogens is 166 g/mol. The molecule has 13 heavy (non-hydrogen) atoms. The standard InChI is InChI=1S/C10H21NO2/c1-10(2,7-12)11(3)8-5-4-6-9(8)13/h8-9,12-13H,4-7H2,1-3H3/t8-,9-/m1/s1. The van der Waals surface area contributed by atoms with Gasteiger partial charge >= 0.3 is 0 Å². The summed E-state index contributed by atoms with van der Waals surface area (Å²) in [6.07, 6.45) is 2.82. The first-order chi connectivity index (χ1) is 5.99. The fraction of sp³-hybridized carbons (Fsp3) is 1.00. The number of aliphatic hydroxyl groups is 2. The molecule has 0 bridgehead atoms. The van der Waals surface area contributed by atoms with Crippen LogP contribution in [0, 0.1) is 0 Å². The van der Waals surface area contributed by atoms with Crippen LogP contribution in [0.3, 0.4) is 0 Å². The zero-order valence-corrected chi connectivity index (χ0v) is 8.82. The summed E-state index contributed by atoms with van der Waals surface area (Å²) in [5, 5.41) is 18.9. The zero-order valence-electron chi connectivity index (χ0n) is 8.82. The Morgan fingerprint density at radius 1 is 1.38 bits per heavy atom. The summed E-state index contributed by atoms with van der Waals surface area (Å²) < 4.78 is 0. The third-order valence-electron chi connectivity index (χ3n) is 3.28. The molecule has 0 aliphatic heterocycles. The van der Waals surface area contributed by atoms with Crippen molar-refractivity contribution in [2.75, 3.05) is 13.7 Å². The fourth-order valence-electron chi connectivity index (χ4n) is 1.93. The number of nitrogens with zero attached hydrogens (tertiary/aromatic N) is 1. The first-order valence-corrected chi connectivity index (χ1v) is 5.01. The minimum Gasteiger partial charge on any atom is -0.394 e. The molecule has 0 saturated heterocycles. The largest absolute Gasteiger partial charge is 0.394 e. The molecule has 0 aromatic rings. The first-order valence-electron chi connectivity index (χ1n) is 5.01. The number of rotatable bonds is 3. The van der Waals surface area contributed by atoms with Gasteiger partial charge in [-0.1, -0.05) is 0 Å². The molecule has 0 radical (unpaired) electrons. The van der Waals surface area contributed by atoms with Crippen molar-refractivity contribution in [3.63, 3.8) is 0 Å². The molecule has 2 N–H and O–H groups in total. The fourth-order valence-corrected chi connectivity index (χ4v) is 1.93. The van der Waals surface area contributed by atoms with Crippen molar-refractivity contribution in [2.45, 2.75) is 50.8 Å². The zero-order chi connectivity index (χ0) is 10.1. The molecule has 0 unspecified atom stereocenters. The van der Waals surface area contributed by atoms with E-state index in [9.17, 15) is 10.2 Å². The average molecular weight is 187 g/mol. The average Bonchev–Trinajstić information content (AvgIpc) is 2.50. The van der Waals surface area contributed by atoms with E-state index < -0.39 is 0 Å². The van der Waals surface area contributed by atoms with Gasteiger partial charge in [0, 0.05) is 11.6 Å². The highest BCUT2D eigenvalue weighted by Crippen LogP contribution is 2.27. The van der Waals surface area contributed by atoms with Gasteiger partial charge in [-0.15, -0.1) is 0 Å². The number of likely N-dealkylation sites (N-methyl/N-ethyl adjacent to an activating group) is 1. The molecule has 0 amide bonds. The molecule has 1 saturated carbocycles. The topological polar surface area (TPSA) is 43.7 Å². The minimum absolute atomic E-state index is 0.132. The van der Waals surface area contributed by atoms with Gasteiger partial charge in [-0.25, -0.2) is 0 Å². The highest BCUT2D eigenvalue weighted by Gasteiger charge is 2.35. The van der Waals surface area contributed by atoms with Gasteiger partial charge in [-0.2, -0.15) is 0 Å². The first kappa shape index (κ1) is 11.0. The molecule has 1 aliphatic carbocycles. The number of hydrogen-bond donors (Lipinski definition) is 2. The SMILES string of the molecule is CN([C@@H]1CCC[C@H]1O)C(C)(C)CO. The van der Waals surface area contributed by atoms with Crippen LogP contribution in [0.2, 0.25) is 0 Å². The van der Waals surface area contributed by atoms with Crippen LogP contribution in [0.4, 0.5) is 0 Å². The number of hydrogen-bond acceptors (Lipinski definition) is 3. The van der Waals surface area contributed by atoms with Gasteiger partial charge in [0.1, 0.15) is 0 Å². The molecule has 3 heteroatoms. The van der Waals surface area contributed by atoms with E-state index in [2.05, 4.69) is 4.90 Å². The molecule has 0 heterocycles. The van der Waals surface area contributed by atoms with Crippen LogP contribution in [-0.2, 0) is 0 Å². The molecule has 78 valence electrons. The second kappa shape index (κ2) is 3.95. The quantitative estimate of drug-likeness (QED) is 0.680. The molecule has 1 aliphatic rings. The lowest BCUT2D eigenvalue weighted by Crippen LogP contribution is -2.52. The molecule has 0 aromatic carbocycles. The summed E-state index contributed by atoms with van der Waals surface area (Å²) in [5.74, 6) is 0. The maximum absolute atomic E-state index is 9.69. The van der Waals surface area contributed by atoms with E-state index >= 15 is 0 Å². The van der Waals surface area contributed by atoms with E-state index in [1.165, 1.54) is 0 Å². The van der Waals surface area contributed by atoms with Crippen LogP contribution in [0.1, 0.15) is 33.1 Å². The van der Waals surface area contributed by atoms with E-state index in [0.717, 1.165) is 19.3 Å². The predicted octanol–water partition coefficient (Wildman–Crippen LogP) is 0.602. The molecule has 2 atom stereocenters. The highest BCUT2D eigenvalue weighted by molar-refractivity contribution is 4.90. The van der Waals surface area contributed by atoms with E-state index in [1.54, 1.807) is 0 Å². The van der Waals surface area contributed by atoms with Crippen LogP contribution in [0.15, 0.2) is 0 Å². The molecule has 1 fully saturated rings. The van der Waals surface area contributed by atoms with Crippen molar-refractivity contribution in [3.8, 4) is 0 Å². The van der Waals surface area contributed by atoms with Gasteiger partial charge in [0.15, 0.2) is 0 Å². The molecule has 3 nitrogen and oxygen atoms in total. The Hall–Kier alpha value is -0.120. The van der Waals surface area contributed by atoms with Crippen LogP contribution in [-0.4, -0.2) is 46.5 Å². The Morgan fingerprint density at radius 2 is 2.00 bits per heavy atom. The van der Waals surface area contributed by atoms with E-state index in [-0.39, 0.29) is 24.3 Å². The monoisotopic (exact) mass is 187 g/mol. The maximum atomic E-state index is 9.69. The number of aliphatic hydroxyl groups excluding tert-OH is 2. The third kappa shape index (κ3) is 2.22.